The first kappa shape index (κ1) is 12.8. The SMILES string of the molecule is C=CCNC(=O)/C=C/c1cc2ccccc2[nH]c1=O. The molecule has 0 spiro atoms. The van der Waals surface area contributed by atoms with E-state index in [0.717, 1.165) is 10.9 Å². The lowest BCUT2D eigenvalue weighted by atomic mass is 10.1. The van der Waals surface area contributed by atoms with Crippen LogP contribution in [0.2, 0.25) is 0 Å². The maximum Gasteiger partial charge on any atom is 0.255 e. The number of carbonyl (C=O) groups is 1. The van der Waals surface area contributed by atoms with Gasteiger partial charge in [-0.05, 0) is 23.6 Å². The third-order valence-corrected chi connectivity index (χ3v) is 2.62. The lowest BCUT2D eigenvalue weighted by Gasteiger charge is -1.99. The Morgan fingerprint density at radius 2 is 2.16 bits per heavy atom. The number of fused-ring (bicyclic) bond motifs is 1. The normalized spacial score (nSPS) is 10.7. The first-order valence-electron chi connectivity index (χ1n) is 5.89. The summed E-state index contributed by atoms with van der Waals surface area (Å²) < 4.78 is 0. The quantitative estimate of drug-likeness (QED) is 0.646. The van der Waals surface area contributed by atoms with Crippen molar-refractivity contribution in [2.45, 2.75) is 0 Å². The van der Waals surface area contributed by atoms with Gasteiger partial charge in [-0.2, -0.15) is 0 Å². The number of amides is 1. The average molecular weight is 254 g/mol. The van der Waals surface area contributed by atoms with Crippen molar-refractivity contribution in [2.75, 3.05) is 6.54 Å². The molecule has 19 heavy (non-hydrogen) atoms. The number of pyridine rings is 1. The van der Waals surface area contributed by atoms with Crippen LogP contribution in [0, 0.1) is 0 Å². The van der Waals surface area contributed by atoms with Gasteiger partial charge in [-0.15, -0.1) is 6.58 Å². The highest BCUT2D eigenvalue weighted by Gasteiger charge is 2.00. The molecule has 0 bridgehead atoms. The van der Waals surface area contributed by atoms with Crippen LogP contribution in [0.15, 0.2) is 53.9 Å². The van der Waals surface area contributed by atoms with Gasteiger partial charge in [0.15, 0.2) is 0 Å². The van der Waals surface area contributed by atoms with Gasteiger partial charge in [0.1, 0.15) is 0 Å². The number of H-pyrrole nitrogens is 1. The average Bonchev–Trinajstić information content (AvgIpc) is 2.42. The van der Waals surface area contributed by atoms with E-state index in [2.05, 4.69) is 16.9 Å². The fourth-order valence-corrected chi connectivity index (χ4v) is 1.69. The van der Waals surface area contributed by atoms with Crippen molar-refractivity contribution in [3.63, 3.8) is 0 Å². The summed E-state index contributed by atoms with van der Waals surface area (Å²) >= 11 is 0. The summed E-state index contributed by atoms with van der Waals surface area (Å²) in [5.74, 6) is -0.257. The molecule has 0 aliphatic heterocycles. The van der Waals surface area contributed by atoms with Crippen molar-refractivity contribution < 1.29 is 4.79 Å². The van der Waals surface area contributed by atoms with Crippen molar-refractivity contribution in [1.82, 2.24) is 10.3 Å². The van der Waals surface area contributed by atoms with Gasteiger partial charge in [0.25, 0.3) is 5.56 Å². The van der Waals surface area contributed by atoms with Gasteiger partial charge in [0.2, 0.25) is 5.91 Å². The van der Waals surface area contributed by atoms with Gasteiger partial charge in [0, 0.05) is 23.7 Å². The lowest BCUT2D eigenvalue weighted by molar-refractivity contribution is -0.116. The maximum atomic E-state index is 11.8. The molecule has 1 aromatic carbocycles. The van der Waals surface area contributed by atoms with Crippen LogP contribution in [0.4, 0.5) is 0 Å². The number of rotatable bonds is 4. The minimum Gasteiger partial charge on any atom is -0.349 e. The van der Waals surface area contributed by atoms with Crippen molar-refractivity contribution in [1.29, 1.82) is 0 Å². The second kappa shape index (κ2) is 5.82. The van der Waals surface area contributed by atoms with E-state index in [1.807, 2.05) is 24.3 Å². The molecule has 4 nitrogen and oxygen atoms in total. The monoisotopic (exact) mass is 254 g/mol. The predicted octanol–water partition coefficient (Wildman–Crippen LogP) is 1.84. The second-order valence-corrected chi connectivity index (χ2v) is 4.01. The number of hydrogen-bond acceptors (Lipinski definition) is 2. The molecule has 0 saturated heterocycles. The molecule has 1 heterocycles. The van der Waals surface area contributed by atoms with Crippen molar-refractivity contribution in [3.05, 3.63) is 65.0 Å². The van der Waals surface area contributed by atoms with E-state index < -0.39 is 0 Å². The molecule has 1 aromatic heterocycles. The molecule has 1 amide bonds. The molecule has 0 unspecified atom stereocenters. The molecular weight excluding hydrogens is 240 g/mol. The van der Waals surface area contributed by atoms with Crippen molar-refractivity contribution in [3.8, 4) is 0 Å². The van der Waals surface area contributed by atoms with Crippen LogP contribution in [-0.2, 0) is 4.79 Å². The summed E-state index contributed by atoms with van der Waals surface area (Å²) in [5.41, 5.74) is 1.01. The van der Waals surface area contributed by atoms with E-state index in [9.17, 15) is 9.59 Å². The Morgan fingerprint density at radius 1 is 1.37 bits per heavy atom. The standard InChI is InChI=1S/C15H14N2O2/c1-2-9-16-14(18)8-7-12-10-11-5-3-4-6-13(11)17-15(12)19/h2-8,10H,1,9H2,(H,16,18)(H,17,19)/b8-7+. The van der Waals surface area contributed by atoms with Gasteiger partial charge in [-0.1, -0.05) is 24.3 Å². The fraction of sp³-hybridized carbons (Fsp3) is 0.0667. The van der Waals surface area contributed by atoms with Crippen molar-refractivity contribution in [2.24, 2.45) is 0 Å². The van der Waals surface area contributed by atoms with E-state index in [0.29, 0.717) is 12.1 Å². The first-order chi connectivity index (χ1) is 9.20. The molecule has 2 aromatic rings. The van der Waals surface area contributed by atoms with E-state index >= 15 is 0 Å². The number of aromatic nitrogens is 1. The molecule has 2 rings (SSSR count). The summed E-state index contributed by atoms with van der Waals surface area (Å²) in [6.45, 7) is 3.91. The van der Waals surface area contributed by atoms with Crippen LogP contribution in [0.5, 0.6) is 0 Å². The molecular formula is C15H14N2O2. The number of benzene rings is 1. The number of nitrogens with one attached hydrogen (secondary N) is 2. The Morgan fingerprint density at radius 3 is 2.95 bits per heavy atom. The van der Waals surface area contributed by atoms with Gasteiger partial charge >= 0.3 is 0 Å². The van der Waals surface area contributed by atoms with E-state index in [4.69, 9.17) is 0 Å². The van der Waals surface area contributed by atoms with Crippen LogP contribution in [0.1, 0.15) is 5.56 Å². The zero-order valence-corrected chi connectivity index (χ0v) is 10.3. The molecule has 0 fully saturated rings. The summed E-state index contributed by atoms with van der Waals surface area (Å²) in [6, 6.07) is 9.24. The van der Waals surface area contributed by atoms with Crippen LogP contribution >= 0.6 is 0 Å². The Bertz CT molecular complexity index is 699. The van der Waals surface area contributed by atoms with Crippen LogP contribution < -0.4 is 10.9 Å². The molecule has 2 N–H and O–H groups in total. The van der Waals surface area contributed by atoms with Crippen LogP contribution in [0.3, 0.4) is 0 Å². The number of para-hydroxylation sites is 1. The third-order valence-electron chi connectivity index (χ3n) is 2.62. The fourth-order valence-electron chi connectivity index (χ4n) is 1.69. The van der Waals surface area contributed by atoms with Gasteiger partial charge < -0.3 is 10.3 Å². The number of carbonyl (C=O) groups excluding carboxylic acids is 1. The van der Waals surface area contributed by atoms with E-state index in [-0.39, 0.29) is 11.5 Å². The highest BCUT2D eigenvalue weighted by atomic mass is 16.1. The lowest BCUT2D eigenvalue weighted by Crippen LogP contribution is -2.20. The Kier molecular flexibility index (Phi) is 3.93. The predicted molar refractivity (Wildman–Crippen MR) is 76.8 cm³/mol. The molecule has 0 aliphatic carbocycles. The number of hydrogen-bond donors (Lipinski definition) is 2. The minimum atomic E-state index is -0.257. The van der Waals surface area contributed by atoms with Gasteiger partial charge in [-0.25, -0.2) is 0 Å². The highest BCUT2D eigenvalue weighted by molar-refractivity contribution is 5.92. The summed E-state index contributed by atoms with van der Waals surface area (Å²) in [5, 5.41) is 3.53. The second-order valence-electron chi connectivity index (χ2n) is 4.01. The summed E-state index contributed by atoms with van der Waals surface area (Å²) in [7, 11) is 0. The summed E-state index contributed by atoms with van der Waals surface area (Å²) in [6.07, 6.45) is 4.43. The summed E-state index contributed by atoms with van der Waals surface area (Å²) in [4.78, 5) is 26.0. The Hall–Kier alpha value is -2.62. The third kappa shape index (κ3) is 3.19. The molecule has 0 atom stereocenters. The maximum absolute atomic E-state index is 11.8. The Labute approximate surface area is 110 Å². The zero-order chi connectivity index (χ0) is 13.7. The number of aromatic amines is 1. The van der Waals surface area contributed by atoms with Gasteiger partial charge in [-0.3, -0.25) is 9.59 Å². The Balaban J connectivity index is 2.27. The topological polar surface area (TPSA) is 62.0 Å². The molecule has 0 aliphatic rings. The largest absolute Gasteiger partial charge is 0.349 e. The van der Waals surface area contributed by atoms with Crippen molar-refractivity contribution >= 4 is 22.9 Å². The highest BCUT2D eigenvalue weighted by Crippen LogP contribution is 2.10. The van der Waals surface area contributed by atoms with Gasteiger partial charge in [0.05, 0.1) is 0 Å². The molecule has 4 heteroatoms. The van der Waals surface area contributed by atoms with E-state index in [1.54, 1.807) is 12.1 Å². The van der Waals surface area contributed by atoms with Crippen LogP contribution in [0.25, 0.3) is 17.0 Å². The van der Waals surface area contributed by atoms with Crippen LogP contribution in [-0.4, -0.2) is 17.4 Å². The smallest absolute Gasteiger partial charge is 0.255 e. The molecule has 0 radical (unpaired) electrons. The zero-order valence-electron chi connectivity index (χ0n) is 10.3. The first-order valence-corrected chi connectivity index (χ1v) is 5.89. The minimum absolute atomic E-state index is 0.216. The molecule has 0 saturated carbocycles. The molecule has 96 valence electrons. The van der Waals surface area contributed by atoms with E-state index in [1.165, 1.54) is 12.2 Å².